The Morgan fingerprint density at radius 2 is 1.91 bits per heavy atom. The molecule has 11 heavy (non-hydrogen) atoms. The van der Waals surface area contributed by atoms with E-state index in [9.17, 15) is 23.1 Å². The fourth-order valence-corrected chi connectivity index (χ4v) is 0.750. The van der Waals surface area contributed by atoms with E-state index in [-0.39, 0.29) is 41.3 Å². The predicted octanol–water partition coefficient (Wildman–Crippen LogP) is -2.62. The third kappa shape index (κ3) is 13.6. The second-order valence-corrected chi connectivity index (χ2v) is 2.58. The first-order valence-electron chi connectivity index (χ1n) is 2.32. The molecule has 0 rings (SSSR count). The van der Waals surface area contributed by atoms with E-state index in [0.717, 1.165) is 0 Å². The average molecular weight is 196 g/mol. The molecule has 0 aliphatic rings. The molecule has 0 bridgehead atoms. The molecule has 0 atom stereocenters. The van der Waals surface area contributed by atoms with Crippen LogP contribution < -0.4 is 34.7 Å². The molecule has 0 aromatic carbocycles. The van der Waals surface area contributed by atoms with Crippen molar-refractivity contribution < 1.29 is 52.6 Å². The van der Waals surface area contributed by atoms with E-state index in [4.69, 9.17) is 0 Å². The van der Waals surface area contributed by atoms with Crippen molar-refractivity contribution in [3.63, 3.8) is 0 Å². The van der Waals surface area contributed by atoms with Crippen LogP contribution in [0.4, 0.5) is 13.2 Å². The molecular weight excluding hydrogens is 192 g/mol. The normalized spacial score (nSPS) is 10.5. The fourth-order valence-electron chi connectivity index (χ4n) is 0.250. The maximum absolute atomic E-state index is 11.3. The summed E-state index contributed by atoms with van der Waals surface area (Å²) in [6.07, 6.45) is -0.565. The minimum atomic E-state index is -4.34. The molecular formula is C4H4F3NaO2S. The van der Waals surface area contributed by atoms with Gasteiger partial charge >= 0.3 is 35.1 Å². The van der Waals surface area contributed by atoms with Gasteiger partial charge in [0.25, 0.3) is 0 Å². The Balaban J connectivity index is 0. The molecule has 0 heterocycles. The molecule has 0 aliphatic heterocycles. The van der Waals surface area contributed by atoms with Crippen LogP contribution in [0.1, 0.15) is 6.42 Å². The number of thioether (sulfide) groups is 1. The van der Waals surface area contributed by atoms with Gasteiger partial charge in [0.05, 0.1) is 0 Å². The first-order chi connectivity index (χ1) is 4.42. The van der Waals surface area contributed by atoms with Gasteiger partial charge in [0.15, 0.2) is 0 Å². The Morgan fingerprint density at radius 3 is 2.18 bits per heavy atom. The standard InChI is InChI=1S/C4H5F3O2S.Na/c5-4(6,7)10-2-1-3(8)9;/h1-2H2,(H,8,9);/q;+1/p-1. The number of alkyl halides is 3. The number of carbonyl (C=O) groups is 1. The van der Waals surface area contributed by atoms with Crippen LogP contribution in [-0.4, -0.2) is 17.2 Å². The topological polar surface area (TPSA) is 40.1 Å². The summed E-state index contributed by atoms with van der Waals surface area (Å²) in [5, 5.41) is 9.59. The summed E-state index contributed by atoms with van der Waals surface area (Å²) in [6, 6.07) is 0. The van der Waals surface area contributed by atoms with Gasteiger partial charge in [-0.05, 0) is 6.42 Å². The van der Waals surface area contributed by atoms with E-state index < -0.39 is 23.7 Å². The zero-order chi connectivity index (χ0) is 8.20. The Kier molecular flexibility index (Phi) is 7.93. The van der Waals surface area contributed by atoms with Gasteiger partial charge in [-0.3, -0.25) is 0 Å². The number of hydrogen-bond acceptors (Lipinski definition) is 3. The van der Waals surface area contributed by atoms with Gasteiger partial charge in [0.1, 0.15) is 0 Å². The monoisotopic (exact) mass is 196 g/mol. The van der Waals surface area contributed by atoms with Crippen molar-refractivity contribution in [1.29, 1.82) is 0 Å². The number of hydrogen-bond donors (Lipinski definition) is 0. The van der Waals surface area contributed by atoms with Crippen LogP contribution in [0.3, 0.4) is 0 Å². The van der Waals surface area contributed by atoms with Crippen LogP contribution >= 0.6 is 11.8 Å². The Labute approximate surface area is 87.8 Å². The van der Waals surface area contributed by atoms with E-state index in [1.54, 1.807) is 0 Å². The van der Waals surface area contributed by atoms with Crippen molar-refractivity contribution in [1.82, 2.24) is 0 Å². The van der Waals surface area contributed by atoms with Gasteiger partial charge in [0.2, 0.25) is 0 Å². The van der Waals surface area contributed by atoms with Gasteiger partial charge in [-0.2, -0.15) is 13.2 Å². The Bertz CT molecular complexity index is 127. The van der Waals surface area contributed by atoms with E-state index >= 15 is 0 Å². The van der Waals surface area contributed by atoms with E-state index in [1.807, 2.05) is 0 Å². The molecule has 2 nitrogen and oxygen atoms in total. The second kappa shape index (κ2) is 6.16. The number of rotatable bonds is 3. The van der Waals surface area contributed by atoms with Gasteiger partial charge in [-0.15, -0.1) is 0 Å². The Morgan fingerprint density at radius 1 is 1.45 bits per heavy atom. The van der Waals surface area contributed by atoms with E-state index in [2.05, 4.69) is 0 Å². The van der Waals surface area contributed by atoms with Crippen molar-refractivity contribution >= 4 is 17.7 Å². The molecule has 0 aromatic heterocycles. The molecule has 7 heteroatoms. The average Bonchev–Trinajstić information content (AvgIpc) is 1.59. The number of halogens is 3. The van der Waals surface area contributed by atoms with Crippen molar-refractivity contribution in [3.05, 3.63) is 0 Å². The Hall–Kier alpha value is 0.610. The number of carboxylic acid groups (broad SMARTS) is 1. The molecule has 0 fully saturated rings. The molecule has 0 saturated carbocycles. The minimum absolute atomic E-state index is 0. The van der Waals surface area contributed by atoms with Crippen molar-refractivity contribution in [3.8, 4) is 0 Å². The summed E-state index contributed by atoms with van der Waals surface area (Å²) >= 11 is -0.359. The van der Waals surface area contributed by atoms with Crippen LogP contribution in [0.5, 0.6) is 0 Å². The predicted molar refractivity (Wildman–Crippen MR) is 28.1 cm³/mol. The second-order valence-electron chi connectivity index (χ2n) is 1.42. The van der Waals surface area contributed by atoms with Crippen molar-refractivity contribution in [2.45, 2.75) is 11.9 Å². The summed E-state index contributed by atoms with van der Waals surface area (Å²) in [4.78, 5) is 9.59. The molecule has 0 aliphatic carbocycles. The van der Waals surface area contributed by atoms with Crippen molar-refractivity contribution in [2.75, 3.05) is 5.75 Å². The zero-order valence-electron chi connectivity index (χ0n) is 5.77. The minimum Gasteiger partial charge on any atom is -0.550 e. The third-order valence-electron chi connectivity index (χ3n) is 0.572. The molecule has 0 saturated heterocycles. The van der Waals surface area contributed by atoms with Gasteiger partial charge in [-0.1, -0.05) is 11.8 Å². The number of aliphatic carboxylic acids is 1. The first kappa shape index (κ1) is 14.2. The molecule has 60 valence electrons. The van der Waals surface area contributed by atoms with Crippen LogP contribution in [0, 0.1) is 0 Å². The molecule has 0 radical (unpaired) electrons. The molecule has 0 spiro atoms. The smallest absolute Gasteiger partial charge is 0.550 e. The van der Waals surface area contributed by atoms with Crippen LogP contribution in [0.25, 0.3) is 0 Å². The third-order valence-corrected chi connectivity index (χ3v) is 1.31. The van der Waals surface area contributed by atoms with Gasteiger partial charge in [0, 0.05) is 11.7 Å². The summed E-state index contributed by atoms with van der Waals surface area (Å²) in [6.45, 7) is 0. The van der Waals surface area contributed by atoms with Gasteiger partial charge < -0.3 is 9.90 Å². The van der Waals surface area contributed by atoms with Crippen LogP contribution in [0.2, 0.25) is 0 Å². The summed E-state index contributed by atoms with van der Waals surface area (Å²) in [5.74, 6) is -1.94. The van der Waals surface area contributed by atoms with Crippen molar-refractivity contribution in [2.24, 2.45) is 0 Å². The molecule has 0 unspecified atom stereocenters. The first-order valence-corrected chi connectivity index (χ1v) is 3.31. The largest absolute Gasteiger partial charge is 1.00 e. The molecule has 0 aromatic rings. The fraction of sp³-hybridized carbons (Fsp3) is 0.750. The summed E-state index contributed by atoms with van der Waals surface area (Å²) < 4.78 is 33.8. The maximum Gasteiger partial charge on any atom is 1.00 e. The van der Waals surface area contributed by atoms with E-state index in [1.165, 1.54) is 0 Å². The summed E-state index contributed by atoms with van der Waals surface area (Å²) in [5.41, 5.74) is -4.34. The van der Waals surface area contributed by atoms with E-state index in [0.29, 0.717) is 0 Å². The number of carbonyl (C=O) groups excluding carboxylic acids is 1. The zero-order valence-corrected chi connectivity index (χ0v) is 8.59. The SMILES string of the molecule is O=C([O-])CCSC(F)(F)F.[Na+]. The molecule has 0 N–H and O–H groups in total. The number of carboxylic acids is 1. The quantitative estimate of drug-likeness (QED) is 0.464. The van der Waals surface area contributed by atoms with Crippen LogP contribution in [0.15, 0.2) is 0 Å². The maximum atomic E-state index is 11.3. The molecule has 0 amide bonds. The van der Waals surface area contributed by atoms with Crippen LogP contribution in [-0.2, 0) is 4.79 Å². The van der Waals surface area contributed by atoms with Gasteiger partial charge in [-0.25, -0.2) is 0 Å². The summed E-state index contributed by atoms with van der Waals surface area (Å²) in [7, 11) is 0.